The Balaban J connectivity index is 1.53. The number of rotatable bonds is 7. The second kappa shape index (κ2) is 10.3. The molecule has 7 nitrogen and oxygen atoms in total. The zero-order valence-electron chi connectivity index (χ0n) is 16.0. The maximum absolute atomic E-state index is 5.30. The third kappa shape index (κ3) is 5.95. The van der Waals surface area contributed by atoms with Gasteiger partial charge in [0.15, 0.2) is 11.8 Å². The summed E-state index contributed by atoms with van der Waals surface area (Å²) in [4.78, 5) is 13.3. The van der Waals surface area contributed by atoms with Crippen molar-refractivity contribution in [2.75, 3.05) is 19.3 Å². The molecule has 0 aliphatic heterocycles. The fourth-order valence-corrected chi connectivity index (χ4v) is 4.05. The molecule has 0 spiro atoms. The molecule has 1 fully saturated rings. The molecule has 0 radical (unpaired) electrons. The Hall–Kier alpha value is -2.09. The van der Waals surface area contributed by atoms with Crippen LogP contribution in [0.3, 0.4) is 0 Å². The van der Waals surface area contributed by atoms with Gasteiger partial charge in [-0.1, -0.05) is 17.6 Å². The van der Waals surface area contributed by atoms with Gasteiger partial charge in [0.05, 0.1) is 0 Å². The molecular weight excluding hydrogens is 360 g/mol. The van der Waals surface area contributed by atoms with E-state index in [4.69, 9.17) is 4.52 Å². The highest BCUT2D eigenvalue weighted by molar-refractivity contribution is 7.99. The number of thioether (sulfide) groups is 1. The fraction of sp³-hybridized carbons (Fsp3) is 0.579. The third-order valence-electron chi connectivity index (χ3n) is 4.60. The van der Waals surface area contributed by atoms with Gasteiger partial charge in [-0.25, -0.2) is 0 Å². The van der Waals surface area contributed by atoms with Crippen LogP contribution in [-0.2, 0) is 6.42 Å². The van der Waals surface area contributed by atoms with Gasteiger partial charge in [0.2, 0.25) is 0 Å². The lowest BCUT2D eigenvalue weighted by Crippen LogP contribution is -2.45. The number of hydrogen-bond donors (Lipinski definition) is 2. The Labute approximate surface area is 164 Å². The number of hydrogen-bond acceptors (Lipinski definition) is 6. The molecule has 2 atom stereocenters. The fourth-order valence-electron chi connectivity index (χ4n) is 3.22. The second-order valence-corrected chi connectivity index (χ2v) is 7.75. The van der Waals surface area contributed by atoms with Crippen molar-refractivity contribution in [2.45, 2.75) is 50.3 Å². The first-order valence-corrected chi connectivity index (χ1v) is 10.9. The summed E-state index contributed by atoms with van der Waals surface area (Å²) in [5.74, 6) is 1.97. The molecular formula is C19H28N6OS. The normalized spacial score (nSPS) is 20.4. The van der Waals surface area contributed by atoms with Crippen LogP contribution >= 0.6 is 11.8 Å². The molecule has 0 saturated heterocycles. The van der Waals surface area contributed by atoms with E-state index in [1.807, 2.05) is 30.0 Å². The predicted molar refractivity (Wildman–Crippen MR) is 110 cm³/mol. The second-order valence-electron chi connectivity index (χ2n) is 6.61. The van der Waals surface area contributed by atoms with Gasteiger partial charge in [0, 0.05) is 37.0 Å². The topological polar surface area (TPSA) is 88.2 Å². The maximum Gasteiger partial charge on any atom is 0.276 e. The number of aliphatic imine (C=N–C) groups is 1. The molecule has 8 heteroatoms. The average molecular weight is 389 g/mol. The summed E-state index contributed by atoms with van der Waals surface area (Å²) < 4.78 is 5.30. The van der Waals surface area contributed by atoms with Crippen LogP contribution in [0.5, 0.6) is 0 Å². The van der Waals surface area contributed by atoms with E-state index >= 15 is 0 Å². The largest absolute Gasteiger partial charge is 0.357 e. The van der Waals surface area contributed by atoms with Gasteiger partial charge < -0.3 is 15.2 Å². The average Bonchev–Trinajstić information content (AvgIpc) is 3.18. The van der Waals surface area contributed by atoms with Gasteiger partial charge in [-0.05, 0) is 44.6 Å². The molecule has 2 N–H and O–H groups in total. The van der Waals surface area contributed by atoms with Crippen molar-refractivity contribution in [3.8, 4) is 11.6 Å². The minimum atomic E-state index is 0.449. The van der Waals surface area contributed by atoms with Gasteiger partial charge in [-0.15, -0.1) is 0 Å². The van der Waals surface area contributed by atoms with Gasteiger partial charge in [-0.2, -0.15) is 16.7 Å². The van der Waals surface area contributed by atoms with Crippen LogP contribution in [-0.4, -0.2) is 51.7 Å². The van der Waals surface area contributed by atoms with Crippen molar-refractivity contribution >= 4 is 17.7 Å². The van der Waals surface area contributed by atoms with Crippen LogP contribution in [0.2, 0.25) is 0 Å². The summed E-state index contributed by atoms with van der Waals surface area (Å²) >= 11 is 1.97. The molecule has 2 heterocycles. The summed E-state index contributed by atoms with van der Waals surface area (Å²) in [7, 11) is 0. The maximum atomic E-state index is 5.30. The number of nitrogens with zero attached hydrogens (tertiary/aromatic N) is 4. The molecule has 146 valence electrons. The summed E-state index contributed by atoms with van der Waals surface area (Å²) in [6, 6.07) is 6.11. The van der Waals surface area contributed by atoms with E-state index in [1.165, 1.54) is 25.7 Å². The lowest BCUT2D eigenvalue weighted by atomic mass is 9.95. The quantitative estimate of drug-likeness (QED) is 0.557. The molecule has 0 bridgehead atoms. The van der Waals surface area contributed by atoms with E-state index < -0.39 is 0 Å². The standard InChI is InChI=1S/C19H28N6OS/c1-3-20-19(23-14-7-6-8-15(13-14)27-2)22-12-10-17-24-18(26-25-17)16-9-4-5-11-21-16/h4-5,9,11,14-15H,3,6-8,10,12-13H2,1-2H3,(H2,20,22,23). The molecule has 3 rings (SSSR count). The van der Waals surface area contributed by atoms with E-state index in [0.29, 0.717) is 36.4 Å². The Morgan fingerprint density at radius 2 is 2.30 bits per heavy atom. The van der Waals surface area contributed by atoms with Crippen LogP contribution in [0.15, 0.2) is 33.9 Å². The van der Waals surface area contributed by atoms with Crippen molar-refractivity contribution in [1.82, 2.24) is 25.8 Å². The molecule has 1 aliphatic carbocycles. The van der Waals surface area contributed by atoms with E-state index in [1.54, 1.807) is 6.20 Å². The Morgan fingerprint density at radius 1 is 1.37 bits per heavy atom. The van der Waals surface area contributed by atoms with Crippen molar-refractivity contribution < 1.29 is 4.52 Å². The van der Waals surface area contributed by atoms with Crippen molar-refractivity contribution in [3.63, 3.8) is 0 Å². The van der Waals surface area contributed by atoms with Gasteiger partial charge in [0.25, 0.3) is 5.89 Å². The molecule has 27 heavy (non-hydrogen) atoms. The van der Waals surface area contributed by atoms with Crippen LogP contribution in [0.4, 0.5) is 0 Å². The SMILES string of the molecule is CCNC(=NCCc1noc(-c2ccccn2)n1)NC1CCCC(SC)C1. The summed E-state index contributed by atoms with van der Waals surface area (Å²) in [5, 5.41) is 11.7. The monoisotopic (exact) mass is 388 g/mol. The molecule has 2 aromatic rings. The lowest BCUT2D eigenvalue weighted by Gasteiger charge is -2.29. The van der Waals surface area contributed by atoms with E-state index in [2.05, 4.69) is 43.9 Å². The zero-order valence-corrected chi connectivity index (χ0v) is 16.8. The highest BCUT2D eigenvalue weighted by Crippen LogP contribution is 2.26. The van der Waals surface area contributed by atoms with Gasteiger partial charge in [-0.3, -0.25) is 9.98 Å². The van der Waals surface area contributed by atoms with Crippen molar-refractivity contribution in [3.05, 3.63) is 30.2 Å². The number of nitrogens with one attached hydrogen (secondary N) is 2. The lowest BCUT2D eigenvalue weighted by molar-refractivity contribution is 0.418. The van der Waals surface area contributed by atoms with Gasteiger partial charge in [0.1, 0.15) is 5.69 Å². The first kappa shape index (κ1) is 19.7. The minimum absolute atomic E-state index is 0.449. The molecule has 0 aromatic carbocycles. The molecule has 0 amide bonds. The highest BCUT2D eigenvalue weighted by atomic mass is 32.2. The minimum Gasteiger partial charge on any atom is -0.357 e. The number of pyridine rings is 1. The summed E-state index contributed by atoms with van der Waals surface area (Å²) in [6.07, 6.45) is 9.56. The molecule has 1 saturated carbocycles. The van der Waals surface area contributed by atoms with Crippen LogP contribution in [0.25, 0.3) is 11.6 Å². The Morgan fingerprint density at radius 3 is 3.07 bits per heavy atom. The first-order valence-electron chi connectivity index (χ1n) is 9.60. The van der Waals surface area contributed by atoms with Crippen LogP contribution < -0.4 is 10.6 Å². The van der Waals surface area contributed by atoms with E-state index in [-0.39, 0.29) is 0 Å². The zero-order chi connectivity index (χ0) is 18.9. The molecule has 2 aromatic heterocycles. The van der Waals surface area contributed by atoms with Crippen molar-refractivity contribution in [2.24, 2.45) is 4.99 Å². The number of aromatic nitrogens is 3. The van der Waals surface area contributed by atoms with Crippen LogP contribution in [0.1, 0.15) is 38.4 Å². The summed E-state index contributed by atoms with van der Waals surface area (Å²) in [5.41, 5.74) is 0.690. The summed E-state index contributed by atoms with van der Waals surface area (Å²) in [6.45, 7) is 3.53. The molecule has 1 aliphatic rings. The smallest absolute Gasteiger partial charge is 0.276 e. The molecule has 2 unspecified atom stereocenters. The Bertz CT molecular complexity index is 720. The highest BCUT2D eigenvalue weighted by Gasteiger charge is 2.21. The van der Waals surface area contributed by atoms with E-state index in [0.717, 1.165) is 17.8 Å². The first-order chi connectivity index (χ1) is 13.3. The Kier molecular flexibility index (Phi) is 7.50. The van der Waals surface area contributed by atoms with Gasteiger partial charge >= 0.3 is 0 Å². The van der Waals surface area contributed by atoms with Crippen molar-refractivity contribution in [1.29, 1.82) is 0 Å². The third-order valence-corrected chi connectivity index (χ3v) is 5.70. The van der Waals surface area contributed by atoms with E-state index in [9.17, 15) is 0 Å². The van der Waals surface area contributed by atoms with Crippen LogP contribution in [0, 0.1) is 0 Å². The number of guanidine groups is 1. The predicted octanol–water partition coefficient (Wildman–Crippen LogP) is 2.90.